The largest absolute Gasteiger partial charge is 0.462 e. The zero-order valence-corrected chi connectivity index (χ0v) is 10.5. The number of fused-ring (bicyclic) bond motifs is 1. The van der Waals surface area contributed by atoms with Crippen LogP contribution >= 0.6 is 31.9 Å². The van der Waals surface area contributed by atoms with E-state index in [2.05, 4.69) is 31.9 Å². The van der Waals surface area contributed by atoms with Crippen molar-refractivity contribution in [3.05, 3.63) is 43.1 Å². The minimum absolute atomic E-state index is 0.0457. The highest BCUT2D eigenvalue weighted by molar-refractivity contribution is 9.11. The lowest BCUT2D eigenvalue weighted by Crippen LogP contribution is -2.01. The number of halogens is 2. The van der Waals surface area contributed by atoms with E-state index in [9.17, 15) is 4.79 Å². The van der Waals surface area contributed by atoms with Crippen LogP contribution in [0.1, 0.15) is 5.56 Å². The molecule has 0 radical (unpaired) electrons. The molecule has 1 aromatic heterocycles. The average molecular weight is 318 g/mol. The zero-order chi connectivity index (χ0) is 10.3. The van der Waals surface area contributed by atoms with E-state index < -0.39 is 0 Å². The normalized spacial score (nSPS) is 10.8. The van der Waals surface area contributed by atoms with Gasteiger partial charge in [-0.15, -0.1) is 0 Å². The zero-order valence-electron chi connectivity index (χ0n) is 7.30. The number of hydrogen-bond acceptors (Lipinski definition) is 2. The maximum absolute atomic E-state index is 11.7. The molecule has 2 rings (SSSR count). The molecule has 0 fully saturated rings. The molecular formula is C10H6Br2O2. The van der Waals surface area contributed by atoms with Gasteiger partial charge in [0.2, 0.25) is 5.43 Å². The summed E-state index contributed by atoms with van der Waals surface area (Å²) in [6.45, 7) is 1.94. The molecule has 0 saturated heterocycles. The molecule has 4 heteroatoms. The van der Waals surface area contributed by atoms with Crippen LogP contribution in [0.5, 0.6) is 0 Å². The molecule has 1 heterocycles. The Hall–Kier alpha value is -0.610. The van der Waals surface area contributed by atoms with Gasteiger partial charge in [-0.25, -0.2) is 0 Å². The number of hydrogen-bond donors (Lipinski definition) is 0. The third kappa shape index (κ3) is 1.53. The number of rotatable bonds is 0. The topological polar surface area (TPSA) is 30.2 Å². The van der Waals surface area contributed by atoms with Crippen LogP contribution < -0.4 is 5.43 Å². The summed E-state index contributed by atoms with van der Waals surface area (Å²) in [5.74, 6) is 0. The summed E-state index contributed by atoms with van der Waals surface area (Å²) in [5.41, 5.74) is 1.56. The minimum atomic E-state index is -0.0457. The molecule has 0 N–H and O–H groups in total. The highest BCUT2D eigenvalue weighted by Crippen LogP contribution is 2.24. The van der Waals surface area contributed by atoms with Gasteiger partial charge in [-0.05, 0) is 56.5 Å². The van der Waals surface area contributed by atoms with Crippen molar-refractivity contribution in [2.75, 3.05) is 0 Å². The maximum Gasteiger partial charge on any atom is 0.206 e. The van der Waals surface area contributed by atoms with E-state index in [1.165, 1.54) is 6.26 Å². The first-order chi connectivity index (χ1) is 6.59. The Morgan fingerprint density at radius 1 is 1.21 bits per heavy atom. The monoisotopic (exact) mass is 316 g/mol. The van der Waals surface area contributed by atoms with Gasteiger partial charge in [0.05, 0.1) is 9.86 Å². The first-order valence-corrected chi connectivity index (χ1v) is 5.55. The van der Waals surface area contributed by atoms with Gasteiger partial charge in [0.25, 0.3) is 0 Å². The van der Waals surface area contributed by atoms with Gasteiger partial charge >= 0.3 is 0 Å². The fraction of sp³-hybridized carbons (Fsp3) is 0.100. The second-order valence-corrected chi connectivity index (χ2v) is 4.74. The lowest BCUT2D eigenvalue weighted by Gasteiger charge is -2.01. The molecule has 0 saturated carbocycles. The van der Waals surface area contributed by atoms with Crippen molar-refractivity contribution in [3.63, 3.8) is 0 Å². The van der Waals surface area contributed by atoms with Crippen molar-refractivity contribution in [2.24, 2.45) is 0 Å². The molecule has 0 spiro atoms. The van der Waals surface area contributed by atoms with Crippen LogP contribution in [0.25, 0.3) is 11.0 Å². The smallest absolute Gasteiger partial charge is 0.206 e. The maximum atomic E-state index is 11.7. The predicted molar refractivity (Wildman–Crippen MR) is 62.6 cm³/mol. The van der Waals surface area contributed by atoms with E-state index in [1.54, 1.807) is 0 Å². The SMILES string of the molecule is Cc1cc(Br)c2occ(Br)c(=O)c2c1. The number of aryl methyl sites for hydroxylation is 1. The highest BCUT2D eigenvalue weighted by atomic mass is 79.9. The summed E-state index contributed by atoms with van der Waals surface area (Å²) in [4.78, 5) is 11.7. The Morgan fingerprint density at radius 2 is 1.93 bits per heavy atom. The van der Waals surface area contributed by atoms with Gasteiger partial charge < -0.3 is 4.42 Å². The van der Waals surface area contributed by atoms with Crippen LogP contribution in [0.2, 0.25) is 0 Å². The molecular weight excluding hydrogens is 312 g/mol. The van der Waals surface area contributed by atoms with E-state index in [-0.39, 0.29) is 5.43 Å². The van der Waals surface area contributed by atoms with Crippen LogP contribution in [0.4, 0.5) is 0 Å². The fourth-order valence-corrected chi connectivity index (χ4v) is 2.29. The first-order valence-electron chi connectivity index (χ1n) is 3.97. The van der Waals surface area contributed by atoms with Gasteiger partial charge in [0.15, 0.2) is 5.58 Å². The third-order valence-electron chi connectivity index (χ3n) is 1.93. The molecule has 0 bridgehead atoms. The second-order valence-electron chi connectivity index (χ2n) is 3.04. The van der Waals surface area contributed by atoms with Crippen LogP contribution in [0, 0.1) is 6.92 Å². The molecule has 0 unspecified atom stereocenters. The lowest BCUT2D eigenvalue weighted by molar-refractivity contribution is 0.596. The van der Waals surface area contributed by atoms with E-state index >= 15 is 0 Å². The molecule has 0 amide bonds. The van der Waals surface area contributed by atoms with Crippen LogP contribution in [-0.4, -0.2) is 0 Å². The van der Waals surface area contributed by atoms with Crippen LogP contribution in [-0.2, 0) is 0 Å². The molecule has 0 aliphatic rings. The Balaban J connectivity index is 3.03. The van der Waals surface area contributed by atoms with Crippen LogP contribution in [0.15, 0.2) is 36.6 Å². The highest BCUT2D eigenvalue weighted by Gasteiger charge is 2.08. The summed E-state index contributed by atoms with van der Waals surface area (Å²) >= 11 is 6.50. The van der Waals surface area contributed by atoms with Crippen molar-refractivity contribution >= 4 is 42.8 Å². The van der Waals surface area contributed by atoms with Gasteiger partial charge in [0, 0.05) is 0 Å². The third-order valence-corrected chi connectivity index (χ3v) is 3.07. The molecule has 1 aromatic carbocycles. The van der Waals surface area contributed by atoms with E-state index in [0.29, 0.717) is 15.4 Å². The summed E-state index contributed by atoms with van der Waals surface area (Å²) < 4.78 is 6.56. The predicted octanol–water partition coefficient (Wildman–Crippen LogP) is 3.63. The number of benzene rings is 1. The second kappa shape index (κ2) is 3.51. The quantitative estimate of drug-likeness (QED) is 0.742. The van der Waals surface area contributed by atoms with E-state index in [0.717, 1.165) is 10.0 Å². The molecule has 2 aromatic rings. The van der Waals surface area contributed by atoms with Gasteiger partial charge in [-0.3, -0.25) is 4.79 Å². The van der Waals surface area contributed by atoms with E-state index in [4.69, 9.17) is 4.42 Å². The van der Waals surface area contributed by atoms with Crippen molar-refractivity contribution in [2.45, 2.75) is 6.92 Å². The van der Waals surface area contributed by atoms with Gasteiger partial charge in [0.1, 0.15) is 10.7 Å². The van der Waals surface area contributed by atoms with Gasteiger partial charge in [-0.1, -0.05) is 0 Å². The lowest BCUT2D eigenvalue weighted by atomic mass is 10.1. The Kier molecular flexibility index (Phi) is 2.49. The van der Waals surface area contributed by atoms with Crippen LogP contribution in [0.3, 0.4) is 0 Å². The molecule has 72 valence electrons. The first kappa shape index (κ1) is 9.93. The van der Waals surface area contributed by atoms with Gasteiger partial charge in [-0.2, -0.15) is 0 Å². The average Bonchev–Trinajstić information content (AvgIpc) is 2.12. The summed E-state index contributed by atoms with van der Waals surface area (Å²) in [7, 11) is 0. The molecule has 0 aliphatic heterocycles. The van der Waals surface area contributed by atoms with E-state index in [1.807, 2.05) is 19.1 Å². The Bertz CT molecular complexity index is 558. The van der Waals surface area contributed by atoms with Crippen molar-refractivity contribution < 1.29 is 4.42 Å². The standard InChI is InChI=1S/C10H6Br2O2/c1-5-2-6-9(13)8(12)4-14-10(6)7(11)3-5/h2-4H,1H3. The fourth-order valence-electron chi connectivity index (χ4n) is 1.31. The van der Waals surface area contributed by atoms with Crippen molar-refractivity contribution in [3.8, 4) is 0 Å². The minimum Gasteiger partial charge on any atom is -0.462 e. The van der Waals surface area contributed by atoms with Crippen molar-refractivity contribution in [1.29, 1.82) is 0 Å². The molecule has 2 nitrogen and oxygen atoms in total. The summed E-state index contributed by atoms with van der Waals surface area (Å²) in [6.07, 6.45) is 1.41. The molecule has 14 heavy (non-hydrogen) atoms. The Labute approximate surface area is 97.2 Å². The molecule has 0 aliphatic carbocycles. The summed E-state index contributed by atoms with van der Waals surface area (Å²) in [5, 5.41) is 0.589. The summed E-state index contributed by atoms with van der Waals surface area (Å²) in [6, 6.07) is 3.73. The molecule has 0 atom stereocenters. The van der Waals surface area contributed by atoms with Crippen molar-refractivity contribution in [1.82, 2.24) is 0 Å². The Morgan fingerprint density at radius 3 is 2.64 bits per heavy atom.